The van der Waals surface area contributed by atoms with Crippen LogP contribution in [0.15, 0.2) is 54.6 Å². The van der Waals surface area contributed by atoms with Crippen molar-refractivity contribution < 1.29 is 28.6 Å². The Labute approximate surface area is 369 Å². The van der Waals surface area contributed by atoms with Gasteiger partial charge in [-0.3, -0.25) is 0 Å². The summed E-state index contributed by atoms with van der Waals surface area (Å²) in [6, 6.07) is 15.5. The summed E-state index contributed by atoms with van der Waals surface area (Å²) in [5.41, 5.74) is 6.73. The van der Waals surface area contributed by atoms with E-state index >= 15 is 0 Å². The highest BCUT2D eigenvalue weighted by Gasteiger charge is 2.22. The minimum absolute atomic E-state index is 0.305. The molecule has 12 heteroatoms. The molecule has 0 aliphatic heterocycles. The summed E-state index contributed by atoms with van der Waals surface area (Å²) >= 11 is 0. The Hall–Kier alpha value is -5.91. The molecule has 0 aliphatic carbocycles. The molecule has 3 aromatic heterocycles. The van der Waals surface area contributed by atoms with Crippen molar-refractivity contribution >= 4 is 84.1 Å². The molecule has 0 amide bonds. The minimum Gasteiger partial charge on any atom is -0.462 e. The van der Waals surface area contributed by atoms with Gasteiger partial charge in [0.05, 0.1) is 69.6 Å². The molecular weight excluding hydrogens is 793 g/mol. The van der Waals surface area contributed by atoms with Gasteiger partial charge < -0.3 is 14.2 Å². The van der Waals surface area contributed by atoms with Gasteiger partial charge in [-0.15, -0.1) is 0 Å². The third-order valence-corrected chi connectivity index (χ3v) is 12.4. The summed E-state index contributed by atoms with van der Waals surface area (Å²) in [6.07, 6.45) is 12.4. The number of ether oxygens (including phenoxy) is 3. The highest BCUT2D eigenvalue weighted by atomic mass is 16.5. The summed E-state index contributed by atoms with van der Waals surface area (Å²) in [5.74, 6) is -0.331. The van der Waals surface area contributed by atoms with E-state index in [9.17, 15) is 14.4 Å². The van der Waals surface area contributed by atoms with Crippen LogP contribution < -0.4 is 0 Å². The lowest BCUT2D eigenvalue weighted by Gasteiger charge is -2.15. The molecule has 0 saturated heterocycles. The first kappa shape index (κ1) is 45.1. The second kappa shape index (κ2) is 21.0. The van der Waals surface area contributed by atoms with E-state index in [0.717, 1.165) is 77.0 Å². The van der Waals surface area contributed by atoms with Gasteiger partial charge in [-0.25, -0.2) is 44.3 Å². The van der Waals surface area contributed by atoms with Crippen LogP contribution in [-0.2, 0) is 14.2 Å². The molecule has 0 N–H and O–H groups in total. The van der Waals surface area contributed by atoms with Gasteiger partial charge in [0.1, 0.15) is 33.1 Å². The van der Waals surface area contributed by atoms with Gasteiger partial charge in [-0.05, 0) is 91.6 Å². The largest absolute Gasteiger partial charge is 0.462 e. The summed E-state index contributed by atoms with van der Waals surface area (Å²) in [6.45, 7) is 13.9. The van der Waals surface area contributed by atoms with Gasteiger partial charge in [-0.1, -0.05) is 99.3 Å². The van der Waals surface area contributed by atoms with Crippen LogP contribution >= 0.6 is 0 Å². The Morgan fingerprint density at radius 1 is 0.397 bits per heavy atom. The third-order valence-electron chi connectivity index (χ3n) is 12.4. The maximum atomic E-state index is 13.3. The molecule has 7 rings (SSSR count). The average molecular weight is 853 g/mol. The zero-order chi connectivity index (χ0) is 44.5. The Morgan fingerprint density at radius 2 is 0.651 bits per heavy atom. The van der Waals surface area contributed by atoms with Crippen molar-refractivity contribution in [1.29, 1.82) is 0 Å². The van der Waals surface area contributed by atoms with Crippen LogP contribution in [0.2, 0.25) is 0 Å². The average Bonchev–Trinajstić information content (AvgIpc) is 3.31. The lowest BCUT2D eigenvalue weighted by molar-refractivity contribution is 0.0420. The van der Waals surface area contributed by atoms with Crippen LogP contribution in [0, 0.1) is 17.8 Å². The first-order chi connectivity index (χ1) is 30.7. The van der Waals surface area contributed by atoms with Gasteiger partial charge in [0.2, 0.25) is 0 Å². The maximum Gasteiger partial charge on any atom is 0.338 e. The number of esters is 3. The Balaban J connectivity index is 1.33. The highest BCUT2D eigenvalue weighted by molar-refractivity contribution is 6.21. The summed E-state index contributed by atoms with van der Waals surface area (Å²) < 4.78 is 17.4. The summed E-state index contributed by atoms with van der Waals surface area (Å²) in [4.78, 5) is 70.5. The van der Waals surface area contributed by atoms with E-state index in [1.165, 1.54) is 0 Å². The number of hydrogen-bond donors (Lipinski definition) is 0. The predicted octanol–water partition coefficient (Wildman–Crippen LogP) is 12.1. The van der Waals surface area contributed by atoms with Crippen molar-refractivity contribution in [3.63, 3.8) is 0 Å². The summed E-state index contributed by atoms with van der Waals surface area (Å²) in [5, 5.41) is 0. The molecule has 0 fully saturated rings. The summed E-state index contributed by atoms with van der Waals surface area (Å²) in [7, 11) is 0. The molecule has 0 aliphatic rings. The van der Waals surface area contributed by atoms with E-state index in [-0.39, 0.29) is 0 Å². The van der Waals surface area contributed by atoms with E-state index in [4.69, 9.17) is 44.1 Å². The number of aromatic nitrogens is 6. The van der Waals surface area contributed by atoms with Crippen LogP contribution in [0.25, 0.3) is 66.2 Å². The molecule has 0 radical (unpaired) electrons. The molecular formula is C51H60N6O6. The van der Waals surface area contributed by atoms with Crippen molar-refractivity contribution in [1.82, 2.24) is 29.9 Å². The number of unbranched alkanes of at least 4 members (excludes halogenated alkanes) is 3. The molecule has 3 unspecified atom stereocenters. The second-order valence-corrected chi connectivity index (χ2v) is 16.9. The van der Waals surface area contributed by atoms with Crippen LogP contribution in [0.1, 0.15) is 150 Å². The van der Waals surface area contributed by atoms with E-state index in [2.05, 4.69) is 41.5 Å². The van der Waals surface area contributed by atoms with Crippen LogP contribution in [0.3, 0.4) is 0 Å². The molecule has 0 saturated carbocycles. The fourth-order valence-electron chi connectivity index (χ4n) is 8.06. The number of rotatable bonds is 21. The molecule has 0 bridgehead atoms. The predicted molar refractivity (Wildman–Crippen MR) is 249 cm³/mol. The Morgan fingerprint density at radius 3 is 0.889 bits per heavy atom. The zero-order valence-corrected chi connectivity index (χ0v) is 37.7. The van der Waals surface area contributed by atoms with E-state index < -0.39 is 17.9 Å². The smallest absolute Gasteiger partial charge is 0.338 e. The molecule has 3 atom stereocenters. The third kappa shape index (κ3) is 10.3. The fourth-order valence-corrected chi connectivity index (χ4v) is 8.06. The van der Waals surface area contributed by atoms with Crippen molar-refractivity contribution in [2.75, 3.05) is 19.8 Å². The van der Waals surface area contributed by atoms with Gasteiger partial charge in [0, 0.05) is 0 Å². The molecule has 63 heavy (non-hydrogen) atoms. The minimum atomic E-state index is -0.416. The van der Waals surface area contributed by atoms with Crippen LogP contribution in [-0.4, -0.2) is 67.6 Å². The molecule has 0 spiro atoms. The second-order valence-electron chi connectivity index (χ2n) is 16.9. The lowest BCUT2D eigenvalue weighted by atomic mass is 10.0. The van der Waals surface area contributed by atoms with Crippen molar-refractivity contribution in [3.8, 4) is 0 Å². The molecule has 7 aromatic rings. The number of benzene rings is 4. The first-order valence-electron chi connectivity index (χ1n) is 23.2. The normalized spacial score (nSPS) is 13.2. The fraction of sp³-hybridized carbons (Fsp3) is 0.471. The molecule has 12 nitrogen and oxygen atoms in total. The maximum absolute atomic E-state index is 13.3. The quantitative estimate of drug-likeness (QED) is 0.0292. The number of carbonyl (C=O) groups excluding carboxylic acids is 3. The van der Waals surface area contributed by atoms with Crippen molar-refractivity contribution in [2.45, 2.75) is 119 Å². The zero-order valence-electron chi connectivity index (χ0n) is 37.7. The molecule has 330 valence electrons. The number of nitrogens with zero attached hydrogens (tertiary/aromatic N) is 6. The Bertz CT molecular complexity index is 2450. The SMILES string of the molecule is CCCCC(CC)COC(=O)c1ccc2nc3c4nc5cc(C(=O)OCC(CC)CCCC)ccc5nc4c4nc5cc(C(=O)OCC(CC)CCCC)ccc5nc4c3nc2c1. The van der Waals surface area contributed by atoms with E-state index in [1.807, 2.05) is 0 Å². The monoisotopic (exact) mass is 852 g/mol. The van der Waals surface area contributed by atoms with Gasteiger partial charge in [0.15, 0.2) is 0 Å². The molecule has 4 aromatic carbocycles. The number of fused-ring (bicyclic) bond motifs is 9. The van der Waals surface area contributed by atoms with Crippen LogP contribution in [0.4, 0.5) is 0 Å². The highest BCUT2D eigenvalue weighted by Crippen LogP contribution is 2.34. The lowest BCUT2D eigenvalue weighted by Crippen LogP contribution is -2.14. The number of carbonyl (C=O) groups is 3. The van der Waals surface area contributed by atoms with E-state index in [0.29, 0.717) is 120 Å². The van der Waals surface area contributed by atoms with Crippen LogP contribution in [0.5, 0.6) is 0 Å². The number of hydrogen-bond acceptors (Lipinski definition) is 12. The van der Waals surface area contributed by atoms with Crippen molar-refractivity contribution in [3.05, 3.63) is 71.3 Å². The van der Waals surface area contributed by atoms with Gasteiger partial charge >= 0.3 is 17.9 Å². The van der Waals surface area contributed by atoms with E-state index in [1.54, 1.807) is 54.6 Å². The molecule has 3 heterocycles. The topological polar surface area (TPSA) is 156 Å². The van der Waals surface area contributed by atoms with Gasteiger partial charge in [-0.2, -0.15) is 0 Å². The Kier molecular flexibility index (Phi) is 15.0. The van der Waals surface area contributed by atoms with Crippen molar-refractivity contribution in [2.24, 2.45) is 17.8 Å². The standard InChI is InChI=1S/C51H60N6O6/c1-7-13-16-31(10-4)28-61-49(58)34-19-22-37-40(25-34)55-46-43(52-37)47-45(54-39-24-21-36(27-42(39)56-47)51(60)63-30-33(12-6)18-15-9-3)48-44(46)53-38-23-20-35(26-41(38)57-48)50(59)62-29-32(11-5)17-14-8-2/h19-27,31-33H,7-18,28-30H2,1-6H3. The first-order valence-corrected chi connectivity index (χ1v) is 23.2. The van der Waals surface area contributed by atoms with Gasteiger partial charge in [0.25, 0.3) is 0 Å².